The second-order valence-corrected chi connectivity index (χ2v) is 8.26. The lowest BCUT2D eigenvalue weighted by atomic mass is 10.2. The van der Waals surface area contributed by atoms with Crippen molar-refractivity contribution in [3.63, 3.8) is 0 Å². The van der Waals surface area contributed by atoms with Gasteiger partial charge < -0.3 is 10.2 Å². The molecule has 6 nitrogen and oxygen atoms in total. The molecule has 1 aliphatic rings. The molecular weight excluding hydrogens is 338 g/mol. The Bertz CT molecular complexity index is 651. The summed E-state index contributed by atoms with van der Waals surface area (Å²) in [6.07, 6.45) is 3.15. The highest BCUT2D eigenvalue weighted by atomic mass is 32.2. The average Bonchev–Trinajstić information content (AvgIpc) is 2.65. The molecule has 0 unspecified atom stereocenters. The molecule has 0 aromatic heterocycles. The summed E-state index contributed by atoms with van der Waals surface area (Å²) in [4.78, 5) is 14.5. The van der Waals surface area contributed by atoms with Gasteiger partial charge in [-0.15, -0.1) is 0 Å². The Balaban J connectivity index is 1.97. The molecule has 0 spiro atoms. The zero-order chi connectivity index (χ0) is 18.3. The average molecular weight is 368 g/mol. The maximum absolute atomic E-state index is 12.7. The first-order valence-corrected chi connectivity index (χ1v) is 10.5. The molecule has 1 aliphatic heterocycles. The molecule has 2 rings (SSSR count). The quantitative estimate of drug-likeness (QED) is 0.713. The molecule has 0 saturated carbocycles. The van der Waals surface area contributed by atoms with Crippen molar-refractivity contribution >= 4 is 15.9 Å². The summed E-state index contributed by atoms with van der Waals surface area (Å²) in [7, 11) is -3.49. The van der Waals surface area contributed by atoms with Gasteiger partial charge in [0.25, 0.3) is 5.91 Å². The minimum atomic E-state index is -3.49. The second-order valence-electron chi connectivity index (χ2n) is 6.33. The largest absolute Gasteiger partial charge is 0.352 e. The van der Waals surface area contributed by atoms with Crippen LogP contribution in [0.1, 0.15) is 43.5 Å². The van der Waals surface area contributed by atoms with Gasteiger partial charge in [0.1, 0.15) is 0 Å². The van der Waals surface area contributed by atoms with E-state index < -0.39 is 10.0 Å². The minimum absolute atomic E-state index is 0.156. The number of nitrogens with one attached hydrogen (secondary N) is 1. The van der Waals surface area contributed by atoms with Crippen molar-refractivity contribution in [2.75, 3.05) is 39.3 Å². The van der Waals surface area contributed by atoms with Gasteiger partial charge in [-0.2, -0.15) is 4.31 Å². The topological polar surface area (TPSA) is 69.7 Å². The van der Waals surface area contributed by atoms with E-state index in [4.69, 9.17) is 0 Å². The number of hydrogen-bond donors (Lipinski definition) is 1. The number of hydrogen-bond acceptors (Lipinski definition) is 4. The molecule has 1 amide bonds. The van der Waals surface area contributed by atoms with Gasteiger partial charge in [-0.1, -0.05) is 26.7 Å². The van der Waals surface area contributed by atoms with Gasteiger partial charge in [-0.05, 0) is 37.2 Å². The predicted molar refractivity (Wildman–Crippen MR) is 99.2 cm³/mol. The molecule has 0 bridgehead atoms. The Morgan fingerprint density at radius 3 is 2.24 bits per heavy atom. The molecule has 1 aromatic carbocycles. The van der Waals surface area contributed by atoms with Gasteiger partial charge in [-0.3, -0.25) is 4.79 Å². The van der Waals surface area contributed by atoms with Crippen LogP contribution in [0.25, 0.3) is 0 Å². The molecular formula is C18H29N3O3S. The van der Waals surface area contributed by atoms with Crippen LogP contribution < -0.4 is 5.32 Å². The number of sulfonamides is 1. The second kappa shape index (κ2) is 9.31. The monoisotopic (exact) mass is 367 g/mol. The summed E-state index contributed by atoms with van der Waals surface area (Å²) in [5, 5.41) is 2.86. The van der Waals surface area contributed by atoms with E-state index >= 15 is 0 Å². The zero-order valence-electron chi connectivity index (χ0n) is 15.2. The van der Waals surface area contributed by atoms with Crippen LogP contribution in [0.4, 0.5) is 0 Å². The number of amides is 1. The number of likely N-dealkylation sites (N-methyl/N-ethyl adjacent to an activating group) is 1. The minimum Gasteiger partial charge on any atom is -0.352 e. The molecule has 1 N–H and O–H groups in total. The number of carbonyl (C=O) groups excluding carboxylic acids is 1. The highest BCUT2D eigenvalue weighted by molar-refractivity contribution is 7.89. The molecule has 1 saturated heterocycles. The van der Waals surface area contributed by atoms with Crippen molar-refractivity contribution in [3.8, 4) is 0 Å². The van der Waals surface area contributed by atoms with Crippen LogP contribution in [0, 0.1) is 0 Å². The fourth-order valence-electron chi connectivity index (χ4n) is 2.89. The fourth-order valence-corrected chi connectivity index (χ4v) is 4.31. The normalized spacial score (nSPS) is 16.7. The molecule has 1 fully saturated rings. The number of benzene rings is 1. The summed E-state index contributed by atoms with van der Waals surface area (Å²) in [6, 6.07) is 6.24. The Kier molecular flexibility index (Phi) is 7.40. The molecule has 0 atom stereocenters. The molecule has 1 aromatic rings. The van der Waals surface area contributed by atoms with Crippen LogP contribution in [0.3, 0.4) is 0 Å². The zero-order valence-corrected chi connectivity index (χ0v) is 16.0. The lowest BCUT2D eigenvalue weighted by Gasteiger charge is -2.33. The fraction of sp³-hybridized carbons (Fsp3) is 0.611. The van der Waals surface area contributed by atoms with Gasteiger partial charge >= 0.3 is 0 Å². The standard InChI is InChI=1S/C18H29N3O3S/c1-3-5-6-11-19-18(22)16-7-9-17(10-8-16)25(23,24)21-14-12-20(4-2)13-15-21/h7-10H,3-6,11-15H2,1-2H3,(H,19,22). The van der Waals surface area contributed by atoms with Crippen LogP contribution in [0.15, 0.2) is 29.2 Å². The van der Waals surface area contributed by atoms with Crippen molar-refractivity contribution in [3.05, 3.63) is 29.8 Å². The molecule has 25 heavy (non-hydrogen) atoms. The summed E-state index contributed by atoms with van der Waals surface area (Å²) in [5.41, 5.74) is 0.492. The highest BCUT2D eigenvalue weighted by Crippen LogP contribution is 2.18. The molecule has 0 radical (unpaired) electrons. The Labute approximate surface area is 151 Å². The highest BCUT2D eigenvalue weighted by Gasteiger charge is 2.28. The first-order valence-electron chi connectivity index (χ1n) is 9.09. The van der Waals surface area contributed by atoms with E-state index in [0.29, 0.717) is 25.2 Å². The molecule has 140 valence electrons. The number of unbranched alkanes of at least 4 members (excludes halogenated alkanes) is 2. The lowest BCUT2D eigenvalue weighted by Crippen LogP contribution is -2.48. The van der Waals surface area contributed by atoms with Crippen LogP contribution in [0.2, 0.25) is 0 Å². The Hall–Kier alpha value is -1.44. The van der Waals surface area contributed by atoms with Crippen molar-refractivity contribution in [2.24, 2.45) is 0 Å². The van der Waals surface area contributed by atoms with Crippen LogP contribution in [-0.4, -0.2) is 62.8 Å². The molecule has 0 aliphatic carbocycles. The van der Waals surface area contributed by atoms with Crippen LogP contribution in [-0.2, 0) is 10.0 Å². The van der Waals surface area contributed by atoms with E-state index in [1.165, 1.54) is 16.4 Å². The molecule has 7 heteroatoms. The van der Waals surface area contributed by atoms with Crippen molar-refractivity contribution in [1.29, 1.82) is 0 Å². The van der Waals surface area contributed by atoms with Gasteiger partial charge in [0.15, 0.2) is 0 Å². The van der Waals surface area contributed by atoms with Crippen molar-refractivity contribution < 1.29 is 13.2 Å². The van der Waals surface area contributed by atoms with Crippen LogP contribution >= 0.6 is 0 Å². The number of nitrogens with zero attached hydrogens (tertiary/aromatic N) is 2. The summed E-state index contributed by atoms with van der Waals surface area (Å²) in [6.45, 7) is 8.32. The van der Waals surface area contributed by atoms with Gasteiger partial charge in [0.2, 0.25) is 10.0 Å². The third kappa shape index (κ3) is 5.26. The smallest absolute Gasteiger partial charge is 0.251 e. The summed E-state index contributed by atoms with van der Waals surface area (Å²) in [5.74, 6) is -0.156. The van der Waals surface area contributed by atoms with E-state index in [-0.39, 0.29) is 10.8 Å². The van der Waals surface area contributed by atoms with Gasteiger partial charge in [0.05, 0.1) is 4.90 Å². The lowest BCUT2D eigenvalue weighted by molar-refractivity contribution is 0.0953. The molecule has 1 heterocycles. The third-order valence-corrected chi connectivity index (χ3v) is 6.51. The first-order chi connectivity index (χ1) is 12.0. The third-order valence-electron chi connectivity index (χ3n) is 4.60. The SMILES string of the molecule is CCCCCNC(=O)c1ccc(S(=O)(=O)N2CCN(CC)CC2)cc1. The number of carbonyl (C=O) groups is 1. The first kappa shape index (κ1) is 19.9. The number of piperazine rings is 1. The maximum Gasteiger partial charge on any atom is 0.251 e. The van der Waals surface area contributed by atoms with E-state index in [9.17, 15) is 13.2 Å². The van der Waals surface area contributed by atoms with Gasteiger partial charge in [0, 0.05) is 38.3 Å². The summed E-state index contributed by atoms with van der Waals surface area (Å²) < 4.78 is 27.0. The van der Waals surface area contributed by atoms with Crippen molar-refractivity contribution in [2.45, 2.75) is 38.0 Å². The van der Waals surface area contributed by atoms with Gasteiger partial charge in [-0.25, -0.2) is 8.42 Å². The number of rotatable bonds is 8. The Morgan fingerprint density at radius 1 is 1.04 bits per heavy atom. The van der Waals surface area contributed by atoms with E-state index in [0.717, 1.165) is 38.9 Å². The Morgan fingerprint density at radius 2 is 1.68 bits per heavy atom. The maximum atomic E-state index is 12.7. The summed E-state index contributed by atoms with van der Waals surface area (Å²) >= 11 is 0. The van der Waals surface area contributed by atoms with Crippen LogP contribution in [0.5, 0.6) is 0 Å². The van der Waals surface area contributed by atoms with E-state index in [2.05, 4.69) is 24.1 Å². The van der Waals surface area contributed by atoms with E-state index in [1.54, 1.807) is 12.1 Å². The van der Waals surface area contributed by atoms with E-state index in [1.807, 2.05) is 0 Å². The predicted octanol–water partition coefficient (Wildman–Crippen LogP) is 1.93. The van der Waals surface area contributed by atoms with Crippen molar-refractivity contribution in [1.82, 2.24) is 14.5 Å².